The topological polar surface area (TPSA) is 40.5 Å². The fraction of sp³-hybridized carbons (Fsp3) is 0.875. The number of halogens is 1. The highest BCUT2D eigenvalue weighted by atomic mass is 79.9. The van der Waals surface area contributed by atoms with Gasteiger partial charge in [-0.2, -0.15) is 0 Å². The van der Waals surface area contributed by atoms with Crippen LogP contribution in [0, 0.1) is 5.92 Å². The summed E-state index contributed by atoms with van der Waals surface area (Å²) in [6.45, 7) is 4.97. The highest BCUT2D eigenvalue weighted by molar-refractivity contribution is 9.10. The number of carbonyl (C=O) groups excluding carboxylic acids is 1. The number of β-amino-alcohol motifs (C(OH)–C–C–N with tert-alkyl or cyclic N) is 1. The number of hydrogen-bond donors (Lipinski definition) is 1. The normalized spacial score (nSPS) is 20.9. The Hall–Kier alpha value is -0.0900. The number of alkyl halides is 1. The molecule has 0 aromatic heterocycles. The van der Waals surface area contributed by atoms with Gasteiger partial charge in [0.2, 0.25) is 5.91 Å². The van der Waals surface area contributed by atoms with E-state index in [1.54, 1.807) is 4.90 Å². The molecule has 0 radical (unpaired) electrons. The largest absolute Gasteiger partial charge is 0.389 e. The quantitative estimate of drug-likeness (QED) is 0.713. The van der Waals surface area contributed by atoms with E-state index in [1.165, 1.54) is 0 Å². The number of aliphatic hydroxyl groups excluding tert-OH is 1. The number of nitrogens with zero attached hydrogens (tertiary/aromatic N) is 1. The molecule has 0 spiro atoms. The summed E-state index contributed by atoms with van der Waals surface area (Å²) in [5, 5.41) is 8.98. The number of carbonyl (C=O) groups is 1. The second-order valence-electron chi connectivity index (χ2n) is 3.54. The maximum Gasteiger partial charge on any atom is 0.236 e. The van der Waals surface area contributed by atoms with Crippen molar-refractivity contribution in [3.8, 4) is 0 Å². The van der Waals surface area contributed by atoms with Crippen LogP contribution >= 0.6 is 15.9 Å². The molecule has 1 unspecified atom stereocenters. The Morgan fingerprint density at radius 2 is 2.08 bits per heavy atom. The average Bonchev–Trinajstić information content (AvgIpc) is 1.95. The lowest BCUT2D eigenvalue weighted by atomic mass is 10.1. The van der Waals surface area contributed by atoms with Crippen LogP contribution in [0.5, 0.6) is 0 Å². The Morgan fingerprint density at radius 1 is 1.58 bits per heavy atom. The van der Waals surface area contributed by atoms with Gasteiger partial charge in [0.25, 0.3) is 0 Å². The number of likely N-dealkylation sites (tertiary alicyclic amines) is 1. The van der Waals surface area contributed by atoms with Gasteiger partial charge in [-0.1, -0.05) is 29.8 Å². The fourth-order valence-corrected chi connectivity index (χ4v) is 1.38. The average molecular weight is 236 g/mol. The lowest BCUT2D eigenvalue weighted by molar-refractivity contribution is -0.141. The lowest BCUT2D eigenvalue weighted by Crippen LogP contribution is -2.56. The molecule has 1 atom stereocenters. The van der Waals surface area contributed by atoms with Gasteiger partial charge < -0.3 is 10.0 Å². The van der Waals surface area contributed by atoms with E-state index in [2.05, 4.69) is 15.9 Å². The summed E-state index contributed by atoms with van der Waals surface area (Å²) in [5.41, 5.74) is 0. The molecule has 0 aliphatic carbocycles. The summed E-state index contributed by atoms with van der Waals surface area (Å²) in [6, 6.07) is 0. The van der Waals surface area contributed by atoms with E-state index < -0.39 is 0 Å². The first kappa shape index (κ1) is 9.99. The van der Waals surface area contributed by atoms with Crippen LogP contribution in [0.1, 0.15) is 13.8 Å². The fourth-order valence-electron chi connectivity index (χ4n) is 1.09. The standard InChI is InChI=1S/C8H14BrNO2/c1-5(2)7(9)8(12)10-3-6(11)4-10/h5-7,11H,3-4H2,1-2H3. The molecular formula is C8H14BrNO2. The van der Waals surface area contributed by atoms with E-state index in [1.807, 2.05) is 13.8 Å². The highest BCUT2D eigenvalue weighted by Crippen LogP contribution is 2.18. The Bertz CT molecular complexity index is 178. The third kappa shape index (κ3) is 1.98. The number of rotatable bonds is 2. The molecule has 12 heavy (non-hydrogen) atoms. The molecule has 0 aromatic rings. The van der Waals surface area contributed by atoms with Crippen LogP contribution in [0.2, 0.25) is 0 Å². The van der Waals surface area contributed by atoms with Crippen molar-refractivity contribution in [2.45, 2.75) is 24.8 Å². The molecular weight excluding hydrogens is 222 g/mol. The van der Waals surface area contributed by atoms with Crippen LogP contribution in [0.25, 0.3) is 0 Å². The molecule has 0 aromatic carbocycles. The lowest BCUT2D eigenvalue weighted by Gasteiger charge is -2.37. The van der Waals surface area contributed by atoms with Gasteiger partial charge in [0, 0.05) is 13.1 Å². The Balaban J connectivity index is 2.38. The van der Waals surface area contributed by atoms with Gasteiger partial charge in [0.15, 0.2) is 0 Å². The predicted molar refractivity (Wildman–Crippen MR) is 50.1 cm³/mol. The molecule has 1 aliphatic rings. The van der Waals surface area contributed by atoms with E-state index in [9.17, 15) is 4.79 Å². The number of aliphatic hydroxyl groups is 1. The molecule has 1 fully saturated rings. The minimum atomic E-state index is -0.305. The molecule has 1 saturated heterocycles. The Labute approximate surface area is 80.9 Å². The Morgan fingerprint density at radius 3 is 2.42 bits per heavy atom. The van der Waals surface area contributed by atoms with Crippen molar-refractivity contribution >= 4 is 21.8 Å². The monoisotopic (exact) mass is 235 g/mol. The van der Waals surface area contributed by atoms with Crippen molar-refractivity contribution < 1.29 is 9.90 Å². The summed E-state index contributed by atoms with van der Waals surface area (Å²) in [7, 11) is 0. The minimum Gasteiger partial charge on any atom is -0.389 e. The van der Waals surface area contributed by atoms with Gasteiger partial charge in [0.1, 0.15) is 0 Å². The van der Waals surface area contributed by atoms with E-state index in [-0.39, 0.29) is 16.8 Å². The van der Waals surface area contributed by atoms with Crippen molar-refractivity contribution in [2.24, 2.45) is 5.92 Å². The zero-order chi connectivity index (χ0) is 9.30. The van der Waals surface area contributed by atoms with Crippen LogP contribution in [0.15, 0.2) is 0 Å². The van der Waals surface area contributed by atoms with Crippen molar-refractivity contribution in [1.29, 1.82) is 0 Å². The number of hydrogen-bond acceptors (Lipinski definition) is 2. The van der Waals surface area contributed by atoms with Gasteiger partial charge in [-0.25, -0.2) is 0 Å². The van der Waals surface area contributed by atoms with Gasteiger partial charge in [-0.15, -0.1) is 0 Å². The Kier molecular flexibility index (Phi) is 3.12. The van der Waals surface area contributed by atoms with Gasteiger partial charge in [-0.05, 0) is 5.92 Å². The summed E-state index contributed by atoms with van der Waals surface area (Å²) in [5.74, 6) is 0.394. The van der Waals surface area contributed by atoms with E-state index in [0.717, 1.165) is 0 Å². The third-order valence-electron chi connectivity index (χ3n) is 2.00. The first-order valence-corrected chi connectivity index (χ1v) is 5.05. The van der Waals surface area contributed by atoms with E-state index >= 15 is 0 Å². The minimum absolute atomic E-state index is 0.0929. The molecule has 0 saturated carbocycles. The molecule has 1 heterocycles. The molecule has 3 nitrogen and oxygen atoms in total. The van der Waals surface area contributed by atoms with Crippen LogP contribution in [0.3, 0.4) is 0 Å². The van der Waals surface area contributed by atoms with Crippen molar-refractivity contribution in [1.82, 2.24) is 4.90 Å². The number of amides is 1. The third-order valence-corrected chi connectivity index (χ3v) is 3.44. The molecule has 1 N–H and O–H groups in total. The molecule has 70 valence electrons. The maximum atomic E-state index is 11.5. The summed E-state index contributed by atoms with van der Waals surface area (Å²) < 4.78 is 0. The van der Waals surface area contributed by atoms with E-state index in [4.69, 9.17) is 5.11 Å². The molecule has 0 bridgehead atoms. The summed E-state index contributed by atoms with van der Waals surface area (Å²) in [4.78, 5) is 13.0. The first-order chi connectivity index (χ1) is 5.52. The zero-order valence-electron chi connectivity index (χ0n) is 7.33. The SMILES string of the molecule is CC(C)C(Br)C(=O)N1CC(O)C1. The van der Waals surface area contributed by atoms with Crippen LogP contribution in [-0.4, -0.2) is 39.9 Å². The zero-order valence-corrected chi connectivity index (χ0v) is 8.91. The van der Waals surface area contributed by atoms with E-state index in [0.29, 0.717) is 19.0 Å². The molecule has 1 aliphatic heterocycles. The summed E-state index contributed by atoms with van der Waals surface area (Å²) >= 11 is 3.33. The van der Waals surface area contributed by atoms with Gasteiger partial charge >= 0.3 is 0 Å². The molecule has 1 rings (SSSR count). The molecule has 1 amide bonds. The second-order valence-corrected chi connectivity index (χ2v) is 4.53. The van der Waals surface area contributed by atoms with Crippen molar-refractivity contribution in [3.05, 3.63) is 0 Å². The van der Waals surface area contributed by atoms with Crippen LogP contribution < -0.4 is 0 Å². The molecule has 4 heteroatoms. The van der Waals surface area contributed by atoms with Crippen LogP contribution in [-0.2, 0) is 4.79 Å². The van der Waals surface area contributed by atoms with Gasteiger partial charge in [0.05, 0.1) is 10.9 Å². The van der Waals surface area contributed by atoms with Gasteiger partial charge in [-0.3, -0.25) is 4.79 Å². The first-order valence-electron chi connectivity index (χ1n) is 4.13. The highest BCUT2D eigenvalue weighted by Gasteiger charge is 2.33. The van der Waals surface area contributed by atoms with Crippen molar-refractivity contribution in [2.75, 3.05) is 13.1 Å². The van der Waals surface area contributed by atoms with Crippen molar-refractivity contribution in [3.63, 3.8) is 0 Å². The predicted octanol–water partition coefficient (Wildman–Crippen LogP) is 0.609. The van der Waals surface area contributed by atoms with Crippen LogP contribution in [0.4, 0.5) is 0 Å². The maximum absolute atomic E-state index is 11.5. The summed E-state index contributed by atoms with van der Waals surface area (Å²) in [6.07, 6.45) is -0.305. The second kappa shape index (κ2) is 3.75. The smallest absolute Gasteiger partial charge is 0.236 e.